The van der Waals surface area contributed by atoms with E-state index in [1.807, 2.05) is 67.6 Å². The van der Waals surface area contributed by atoms with Gasteiger partial charge < -0.3 is 10.4 Å². The number of aryl methyl sites for hydroxylation is 1. The van der Waals surface area contributed by atoms with Gasteiger partial charge >= 0.3 is 5.97 Å². The molecule has 0 unspecified atom stereocenters. The lowest BCUT2D eigenvalue weighted by atomic mass is 9.82. The monoisotopic (exact) mass is 433 g/mol. The van der Waals surface area contributed by atoms with Crippen LogP contribution in [0.25, 0.3) is 5.57 Å². The number of aromatic nitrogens is 2. The third-order valence-electron chi connectivity index (χ3n) is 5.05. The zero-order chi connectivity index (χ0) is 22.3. The summed E-state index contributed by atoms with van der Waals surface area (Å²) in [5.41, 5.74) is 1.71. The van der Waals surface area contributed by atoms with E-state index in [0.29, 0.717) is 18.8 Å². The molecule has 2 heterocycles. The van der Waals surface area contributed by atoms with Crippen LogP contribution in [0.2, 0.25) is 0 Å². The summed E-state index contributed by atoms with van der Waals surface area (Å²) in [6.45, 7) is 5.99. The summed E-state index contributed by atoms with van der Waals surface area (Å²) in [4.78, 5) is 21.9. The standard InChI is InChI=1S/C25H27N3O2S/c1-18-27-22(19-10-9-11-20(14-13-19)25(2,3)24(29)30)16-23(28-18)26-17-21-12-7-5-4-6-8-15-31-21/h4-13,15-16H,14,17H2,1-3H3,(H,29,30)(H,26,27,28). The van der Waals surface area contributed by atoms with E-state index in [2.05, 4.69) is 26.7 Å². The molecule has 0 spiro atoms. The van der Waals surface area contributed by atoms with E-state index in [1.54, 1.807) is 25.2 Å². The van der Waals surface area contributed by atoms with Crippen molar-refractivity contribution in [2.45, 2.75) is 33.7 Å². The number of carbonyl (C=O) groups is 1. The molecule has 31 heavy (non-hydrogen) atoms. The van der Waals surface area contributed by atoms with Gasteiger partial charge in [-0.1, -0.05) is 54.6 Å². The quantitative estimate of drug-likeness (QED) is 0.587. The molecule has 0 amide bonds. The van der Waals surface area contributed by atoms with Gasteiger partial charge in [-0.05, 0) is 49.8 Å². The molecule has 0 bridgehead atoms. The average Bonchev–Trinajstić information content (AvgIpc) is 2.90. The van der Waals surface area contributed by atoms with Crippen LogP contribution in [0, 0.1) is 12.3 Å². The van der Waals surface area contributed by atoms with Crippen molar-refractivity contribution >= 4 is 28.7 Å². The Labute approximate surface area is 187 Å². The molecule has 0 atom stereocenters. The first-order valence-corrected chi connectivity index (χ1v) is 11.0. The van der Waals surface area contributed by atoms with Crippen LogP contribution in [0.15, 0.2) is 77.7 Å². The Morgan fingerprint density at radius 2 is 1.97 bits per heavy atom. The molecular formula is C25H27N3O2S. The first-order chi connectivity index (χ1) is 14.9. The molecule has 0 saturated carbocycles. The van der Waals surface area contributed by atoms with Gasteiger partial charge in [0, 0.05) is 10.9 Å². The van der Waals surface area contributed by atoms with Crippen molar-refractivity contribution in [3.63, 3.8) is 0 Å². The van der Waals surface area contributed by atoms with Crippen LogP contribution in [0.4, 0.5) is 5.82 Å². The molecule has 0 aromatic carbocycles. The Kier molecular flexibility index (Phi) is 7.36. The van der Waals surface area contributed by atoms with Gasteiger partial charge in [-0.3, -0.25) is 4.79 Å². The van der Waals surface area contributed by atoms with Gasteiger partial charge in [-0.15, -0.1) is 11.3 Å². The fraction of sp³-hybridized carbons (Fsp3) is 0.240. The lowest BCUT2D eigenvalue weighted by Crippen LogP contribution is -2.25. The lowest BCUT2D eigenvalue weighted by Gasteiger charge is -2.22. The van der Waals surface area contributed by atoms with Crippen molar-refractivity contribution in [2.75, 3.05) is 5.32 Å². The fourth-order valence-electron chi connectivity index (χ4n) is 3.07. The minimum absolute atomic E-state index is 0.559. The summed E-state index contributed by atoms with van der Waals surface area (Å²) < 4.78 is 0. The molecule has 2 N–H and O–H groups in total. The molecule has 160 valence electrons. The third kappa shape index (κ3) is 6.12. The molecule has 0 aliphatic heterocycles. The zero-order valence-electron chi connectivity index (χ0n) is 18.0. The topological polar surface area (TPSA) is 75.1 Å². The highest BCUT2D eigenvalue weighted by Gasteiger charge is 2.31. The molecule has 2 aromatic heterocycles. The van der Waals surface area contributed by atoms with Gasteiger partial charge in [0.2, 0.25) is 0 Å². The molecular weight excluding hydrogens is 406 g/mol. The number of anilines is 1. The summed E-state index contributed by atoms with van der Waals surface area (Å²) in [6.07, 6.45) is 8.35. The minimum Gasteiger partial charge on any atom is -0.481 e. The highest BCUT2D eigenvalue weighted by atomic mass is 32.1. The van der Waals surface area contributed by atoms with E-state index in [0.717, 1.165) is 22.7 Å². The van der Waals surface area contributed by atoms with Gasteiger partial charge in [-0.25, -0.2) is 9.97 Å². The van der Waals surface area contributed by atoms with E-state index in [-0.39, 0.29) is 0 Å². The number of hydrogen-bond acceptors (Lipinski definition) is 5. The van der Waals surface area contributed by atoms with E-state index in [1.165, 1.54) is 4.88 Å². The normalized spacial score (nSPS) is 13.5. The van der Waals surface area contributed by atoms with Crippen molar-refractivity contribution < 1.29 is 9.90 Å². The van der Waals surface area contributed by atoms with Gasteiger partial charge in [-0.2, -0.15) is 0 Å². The minimum atomic E-state index is -0.912. The Hall–Kier alpha value is -3.25. The van der Waals surface area contributed by atoms with Crippen LogP contribution in [0.5, 0.6) is 0 Å². The van der Waals surface area contributed by atoms with E-state index >= 15 is 0 Å². The van der Waals surface area contributed by atoms with Crippen LogP contribution in [-0.2, 0) is 11.3 Å². The Bertz CT molecular complexity index is 1070. The molecule has 1 aliphatic carbocycles. The van der Waals surface area contributed by atoms with Crippen LogP contribution in [0.1, 0.15) is 36.7 Å². The number of nitrogens with zero attached hydrogens (tertiary/aromatic N) is 2. The van der Waals surface area contributed by atoms with Gasteiger partial charge in [0.15, 0.2) is 0 Å². The number of hydrogen-bond donors (Lipinski definition) is 2. The Balaban J connectivity index is 1.80. The van der Waals surface area contributed by atoms with Crippen LogP contribution in [-0.4, -0.2) is 21.0 Å². The van der Waals surface area contributed by atoms with Crippen molar-refractivity contribution in [2.24, 2.45) is 5.41 Å². The van der Waals surface area contributed by atoms with Crippen molar-refractivity contribution in [1.29, 1.82) is 0 Å². The zero-order valence-corrected chi connectivity index (χ0v) is 18.8. The van der Waals surface area contributed by atoms with Gasteiger partial charge in [0.1, 0.15) is 11.6 Å². The molecule has 6 heteroatoms. The van der Waals surface area contributed by atoms with Gasteiger partial charge in [0.25, 0.3) is 0 Å². The van der Waals surface area contributed by atoms with Crippen molar-refractivity contribution in [3.8, 4) is 0 Å². The first-order valence-electron chi connectivity index (χ1n) is 10.1. The predicted octanol–water partition coefficient (Wildman–Crippen LogP) is 5.96. The Morgan fingerprint density at radius 3 is 2.77 bits per heavy atom. The second kappa shape index (κ2) is 10.2. The maximum Gasteiger partial charge on any atom is 0.313 e. The largest absolute Gasteiger partial charge is 0.481 e. The second-order valence-electron chi connectivity index (χ2n) is 7.73. The summed E-state index contributed by atoms with van der Waals surface area (Å²) in [5, 5.41) is 15.0. The van der Waals surface area contributed by atoms with Gasteiger partial charge in [0.05, 0.1) is 17.7 Å². The Morgan fingerprint density at radius 1 is 1.19 bits per heavy atom. The summed E-state index contributed by atoms with van der Waals surface area (Å²) in [6, 6.07) is 14.1. The summed E-state index contributed by atoms with van der Waals surface area (Å²) >= 11 is 1.67. The molecule has 2 aromatic rings. The van der Waals surface area contributed by atoms with Crippen LogP contribution >= 0.6 is 11.3 Å². The van der Waals surface area contributed by atoms with Crippen LogP contribution in [0.3, 0.4) is 0 Å². The SMILES string of the molecule is Cc1nc(NCc2cccccccs2)cc(C2=CCC(C(C)(C)C(=O)O)=CC=C2)n1. The number of carboxylic acid groups (broad SMARTS) is 1. The lowest BCUT2D eigenvalue weighted by molar-refractivity contribution is -0.144. The molecule has 3 rings (SSSR count). The van der Waals surface area contributed by atoms with E-state index < -0.39 is 11.4 Å². The number of allylic oxidation sites excluding steroid dienone is 5. The maximum atomic E-state index is 11.6. The average molecular weight is 434 g/mol. The molecule has 0 radical (unpaired) electrons. The molecule has 0 fully saturated rings. The molecule has 1 aliphatic rings. The second-order valence-corrected chi connectivity index (χ2v) is 8.77. The van der Waals surface area contributed by atoms with Crippen LogP contribution < -0.4 is 5.32 Å². The highest BCUT2D eigenvalue weighted by molar-refractivity contribution is 7.09. The smallest absolute Gasteiger partial charge is 0.313 e. The predicted molar refractivity (Wildman–Crippen MR) is 127 cm³/mol. The summed E-state index contributed by atoms with van der Waals surface area (Å²) in [7, 11) is 0. The highest BCUT2D eigenvalue weighted by Crippen LogP contribution is 2.32. The number of aliphatic carboxylic acids is 1. The fourth-order valence-corrected chi connectivity index (χ4v) is 3.72. The maximum absolute atomic E-state index is 11.6. The van der Waals surface area contributed by atoms with Crippen molar-refractivity contribution in [1.82, 2.24) is 9.97 Å². The molecule has 5 nitrogen and oxygen atoms in total. The number of nitrogens with one attached hydrogen (secondary N) is 1. The summed E-state index contributed by atoms with van der Waals surface area (Å²) in [5.74, 6) is 0.608. The van der Waals surface area contributed by atoms with Crippen molar-refractivity contribution in [3.05, 3.63) is 94.1 Å². The number of carboxylic acids is 1. The van der Waals surface area contributed by atoms with E-state index in [4.69, 9.17) is 0 Å². The first kappa shape index (κ1) is 22.4. The third-order valence-corrected chi connectivity index (χ3v) is 5.93. The number of rotatable bonds is 6. The van der Waals surface area contributed by atoms with E-state index in [9.17, 15) is 9.90 Å². The molecule has 0 saturated heterocycles.